The Morgan fingerprint density at radius 3 is 2.93 bits per heavy atom. The van der Waals surface area contributed by atoms with Crippen LogP contribution in [0.4, 0.5) is 5.69 Å². The topological polar surface area (TPSA) is 36.4 Å². The zero-order valence-corrected chi connectivity index (χ0v) is 9.05. The number of hydrogen-bond donors (Lipinski definition) is 0. The highest BCUT2D eigenvalue weighted by molar-refractivity contribution is 5.97. The summed E-state index contributed by atoms with van der Waals surface area (Å²) in [5, 5.41) is 0. The van der Waals surface area contributed by atoms with Crippen LogP contribution >= 0.6 is 0 Å². The van der Waals surface area contributed by atoms with E-state index in [0.717, 1.165) is 18.7 Å². The molecule has 1 aromatic heterocycles. The molecule has 1 aliphatic rings. The number of amides is 1. The van der Waals surface area contributed by atoms with Crippen molar-refractivity contribution in [2.75, 3.05) is 25.5 Å². The van der Waals surface area contributed by atoms with E-state index in [-0.39, 0.29) is 11.9 Å². The molecular weight excluding hydrogens is 190 g/mol. The zero-order valence-electron chi connectivity index (χ0n) is 9.05. The van der Waals surface area contributed by atoms with E-state index in [1.165, 1.54) is 0 Å². The molecule has 1 amide bonds. The van der Waals surface area contributed by atoms with E-state index in [1.807, 2.05) is 19.2 Å². The Morgan fingerprint density at radius 2 is 2.47 bits per heavy atom. The third-order valence-electron chi connectivity index (χ3n) is 2.94. The lowest BCUT2D eigenvalue weighted by Crippen LogP contribution is -2.54. The maximum absolute atomic E-state index is 12.0. The molecule has 0 N–H and O–H groups in total. The molecule has 1 atom stereocenters. The average molecular weight is 205 g/mol. The molecule has 4 heteroatoms. The standard InChI is InChI=1S/C11H15N3O/c1-13-7-5-10(13)11(15)14(2)9-4-3-6-12-8-9/h3-4,6,8,10H,5,7H2,1-2H3/t10-/m0/s1. The number of anilines is 1. The molecule has 0 saturated carbocycles. The Morgan fingerprint density at radius 1 is 1.67 bits per heavy atom. The fourth-order valence-electron chi connectivity index (χ4n) is 1.73. The summed E-state index contributed by atoms with van der Waals surface area (Å²) in [6.45, 7) is 1.01. The van der Waals surface area contributed by atoms with Gasteiger partial charge < -0.3 is 4.90 Å². The molecule has 0 spiro atoms. The van der Waals surface area contributed by atoms with Gasteiger partial charge in [-0.2, -0.15) is 0 Å². The van der Waals surface area contributed by atoms with E-state index in [4.69, 9.17) is 0 Å². The molecule has 0 bridgehead atoms. The van der Waals surface area contributed by atoms with E-state index < -0.39 is 0 Å². The third-order valence-corrected chi connectivity index (χ3v) is 2.94. The normalized spacial score (nSPS) is 20.8. The van der Waals surface area contributed by atoms with Gasteiger partial charge in [0, 0.05) is 19.8 Å². The molecule has 1 fully saturated rings. The summed E-state index contributed by atoms with van der Waals surface area (Å²) < 4.78 is 0. The first-order valence-corrected chi connectivity index (χ1v) is 5.08. The number of rotatable bonds is 2. The van der Waals surface area contributed by atoms with Crippen LogP contribution < -0.4 is 4.90 Å². The van der Waals surface area contributed by atoms with Crippen molar-refractivity contribution in [3.8, 4) is 0 Å². The van der Waals surface area contributed by atoms with Gasteiger partial charge >= 0.3 is 0 Å². The van der Waals surface area contributed by atoms with Crippen LogP contribution in [0.5, 0.6) is 0 Å². The summed E-state index contributed by atoms with van der Waals surface area (Å²) in [7, 11) is 3.77. The van der Waals surface area contributed by atoms with Crippen molar-refractivity contribution in [2.45, 2.75) is 12.5 Å². The number of aromatic nitrogens is 1. The molecular formula is C11H15N3O. The first-order valence-electron chi connectivity index (χ1n) is 5.08. The molecule has 0 aliphatic carbocycles. The Balaban J connectivity index is 2.08. The van der Waals surface area contributed by atoms with Crippen molar-refractivity contribution in [3.63, 3.8) is 0 Å². The van der Waals surface area contributed by atoms with Crippen LogP contribution in [0.2, 0.25) is 0 Å². The average Bonchev–Trinajstić information content (AvgIpc) is 2.27. The first kappa shape index (κ1) is 10.1. The molecule has 15 heavy (non-hydrogen) atoms. The predicted molar refractivity (Wildman–Crippen MR) is 58.7 cm³/mol. The highest BCUT2D eigenvalue weighted by atomic mass is 16.2. The SMILES string of the molecule is CN(C(=O)[C@@H]1CCN1C)c1cccnc1. The first-order chi connectivity index (χ1) is 7.20. The molecule has 2 rings (SSSR count). The lowest BCUT2D eigenvalue weighted by molar-refractivity contribution is -0.126. The predicted octanol–water partition coefficient (Wildman–Crippen LogP) is 0.748. The number of hydrogen-bond acceptors (Lipinski definition) is 3. The second kappa shape index (κ2) is 3.98. The second-order valence-electron chi connectivity index (χ2n) is 3.89. The lowest BCUT2D eigenvalue weighted by Gasteiger charge is -2.38. The highest BCUT2D eigenvalue weighted by Gasteiger charge is 2.33. The molecule has 1 aliphatic heterocycles. The quantitative estimate of drug-likeness (QED) is 0.715. The largest absolute Gasteiger partial charge is 0.313 e. The van der Waals surface area contributed by atoms with Crippen LogP contribution in [-0.2, 0) is 4.79 Å². The Labute approximate surface area is 89.5 Å². The van der Waals surface area contributed by atoms with E-state index in [1.54, 1.807) is 24.3 Å². The summed E-state index contributed by atoms with van der Waals surface area (Å²) >= 11 is 0. The van der Waals surface area contributed by atoms with Gasteiger partial charge in [0.15, 0.2) is 0 Å². The molecule has 0 aromatic carbocycles. The van der Waals surface area contributed by atoms with Gasteiger partial charge in [0.1, 0.15) is 0 Å². The fraction of sp³-hybridized carbons (Fsp3) is 0.455. The Bertz CT molecular complexity index is 352. The second-order valence-corrected chi connectivity index (χ2v) is 3.89. The molecule has 1 aromatic rings. The van der Waals surface area contributed by atoms with Gasteiger partial charge in [-0.05, 0) is 25.6 Å². The monoisotopic (exact) mass is 205 g/mol. The van der Waals surface area contributed by atoms with Crippen LogP contribution in [0.25, 0.3) is 0 Å². The Kier molecular flexibility index (Phi) is 2.68. The molecule has 0 unspecified atom stereocenters. The van der Waals surface area contributed by atoms with Crippen molar-refractivity contribution < 1.29 is 4.79 Å². The Hall–Kier alpha value is -1.42. The van der Waals surface area contributed by atoms with Gasteiger partial charge in [0.25, 0.3) is 0 Å². The van der Waals surface area contributed by atoms with Gasteiger partial charge in [-0.3, -0.25) is 14.7 Å². The molecule has 80 valence electrons. The number of likely N-dealkylation sites (tertiary alicyclic amines) is 1. The maximum atomic E-state index is 12.0. The fourth-order valence-corrected chi connectivity index (χ4v) is 1.73. The number of carbonyl (C=O) groups excluding carboxylic acids is 1. The smallest absolute Gasteiger partial charge is 0.244 e. The maximum Gasteiger partial charge on any atom is 0.244 e. The van der Waals surface area contributed by atoms with Gasteiger partial charge in [0.05, 0.1) is 17.9 Å². The van der Waals surface area contributed by atoms with Crippen molar-refractivity contribution >= 4 is 11.6 Å². The molecule has 1 saturated heterocycles. The summed E-state index contributed by atoms with van der Waals surface area (Å²) in [4.78, 5) is 19.7. The minimum Gasteiger partial charge on any atom is -0.313 e. The van der Waals surface area contributed by atoms with Gasteiger partial charge in [-0.15, -0.1) is 0 Å². The lowest BCUT2D eigenvalue weighted by atomic mass is 10.0. The van der Waals surface area contributed by atoms with Crippen molar-refractivity contribution in [1.82, 2.24) is 9.88 Å². The highest BCUT2D eigenvalue weighted by Crippen LogP contribution is 2.19. The van der Waals surface area contributed by atoms with Crippen LogP contribution in [0.15, 0.2) is 24.5 Å². The van der Waals surface area contributed by atoms with Crippen molar-refractivity contribution in [3.05, 3.63) is 24.5 Å². The van der Waals surface area contributed by atoms with Crippen LogP contribution in [0.3, 0.4) is 0 Å². The number of likely N-dealkylation sites (N-methyl/N-ethyl adjacent to an activating group) is 2. The summed E-state index contributed by atoms with van der Waals surface area (Å²) in [6, 6.07) is 3.78. The van der Waals surface area contributed by atoms with Crippen molar-refractivity contribution in [2.24, 2.45) is 0 Å². The minimum absolute atomic E-state index is 0.0511. The van der Waals surface area contributed by atoms with Gasteiger partial charge in [-0.1, -0.05) is 0 Å². The van der Waals surface area contributed by atoms with Crippen molar-refractivity contribution in [1.29, 1.82) is 0 Å². The van der Waals surface area contributed by atoms with E-state index in [9.17, 15) is 4.79 Å². The van der Waals surface area contributed by atoms with Crippen LogP contribution in [0.1, 0.15) is 6.42 Å². The minimum atomic E-state index is 0.0511. The summed E-state index contributed by atoms with van der Waals surface area (Å²) in [5.41, 5.74) is 0.850. The van der Waals surface area contributed by atoms with E-state index >= 15 is 0 Å². The van der Waals surface area contributed by atoms with E-state index in [0.29, 0.717) is 0 Å². The summed E-state index contributed by atoms with van der Waals surface area (Å²) in [5.74, 6) is 0.150. The number of carbonyl (C=O) groups is 1. The molecule has 2 heterocycles. The molecule has 4 nitrogen and oxygen atoms in total. The zero-order chi connectivity index (χ0) is 10.8. The van der Waals surface area contributed by atoms with Gasteiger partial charge in [0.2, 0.25) is 5.91 Å². The summed E-state index contributed by atoms with van der Waals surface area (Å²) in [6.07, 6.45) is 4.37. The third kappa shape index (κ3) is 1.85. The number of pyridine rings is 1. The molecule has 0 radical (unpaired) electrons. The number of nitrogens with zero attached hydrogens (tertiary/aromatic N) is 3. The van der Waals surface area contributed by atoms with Crippen LogP contribution in [-0.4, -0.2) is 42.5 Å². The van der Waals surface area contributed by atoms with Crippen LogP contribution in [0, 0.1) is 0 Å². The van der Waals surface area contributed by atoms with E-state index in [2.05, 4.69) is 9.88 Å². The van der Waals surface area contributed by atoms with Gasteiger partial charge in [-0.25, -0.2) is 0 Å².